The predicted molar refractivity (Wildman–Crippen MR) is 69.7 cm³/mol. The van der Waals surface area contributed by atoms with Gasteiger partial charge < -0.3 is 5.73 Å². The fourth-order valence-corrected chi connectivity index (χ4v) is 9.62. The van der Waals surface area contributed by atoms with Crippen LogP contribution in [-0.2, 0) is 4.79 Å². The SMILES string of the molecule is CC(C)[Si](CCC(N)=O)(C(C)C)C(C)C. The maximum Gasteiger partial charge on any atom is 0.217 e. The number of amides is 1. The molecule has 0 fully saturated rings. The van der Waals surface area contributed by atoms with Gasteiger partial charge in [0.2, 0.25) is 5.91 Å². The summed E-state index contributed by atoms with van der Waals surface area (Å²) in [5.41, 5.74) is 7.44. The number of nitrogens with two attached hydrogens (primary N) is 1. The van der Waals surface area contributed by atoms with Crippen LogP contribution in [0.5, 0.6) is 0 Å². The minimum Gasteiger partial charge on any atom is -0.370 e. The quantitative estimate of drug-likeness (QED) is 0.696. The number of carbonyl (C=O) groups is 1. The minimum atomic E-state index is -1.39. The van der Waals surface area contributed by atoms with Crippen LogP contribution in [0.2, 0.25) is 22.7 Å². The molecule has 0 unspecified atom stereocenters. The van der Waals surface area contributed by atoms with E-state index in [0.717, 1.165) is 22.7 Å². The molecule has 0 atom stereocenters. The fraction of sp³-hybridized carbons (Fsp3) is 0.917. The summed E-state index contributed by atoms with van der Waals surface area (Å²) in [7, 11) is -1.39. The average molecular weight is 229 g/mol. The molecule has 0 aliphatic heterocycles. The summed E-state index contributed by atoms with van der Waals surface area (Å²) in [5.74, 6) is -0.145. The third-order valence-corrected chi connectivity index (χ3v) is 11.6. The number of hydrogen-bond acceptors (Lipinski definition) is 1. The summed E-state index contributed by atoms with van der Waals surface area (Å²) in [6.45, 7) is 13.9. The van der Waals surface area contributed by atoms with E-state index >= 15 is 0 Å². The van der Waals surface area contributed by atoms with Crippen molar-refractivity contribution in [3.63, 3.8) is 0 Å². The van der Waals surface area contributed by atoms with Gasteiger partial charge in [-0.05, 0) is 6.04 Å². The van der Waals surface area contributed by atoms with Crippen LogP contribution in [0, 0.1) is 0 Å². The summed E-state index contributed by atoms with van der Waals surface area (Å²) >= 11 is 0. The third-order valence-electron chi connectivity index (χ3n) is 4.03. The maximum absolute atomic E-state index is 11.0. The van der Waals surface area contributed by atoms with E-state index < -0.39 is 8.07 Å². The molecule has 15 heavy (non-hydrogen) atoms. The molecule has 0 spiro atoms. The molecule has 3 heteroatoms. The zero-order valence-corrected chi connectivity index (χ0v) is 12.1. The Morgan fingerprint density at radius 1 is 1.00 bits per heavy atom. The van der Waals surface area contributed by atoms with Gasteiger partial charge in [-0.2, -0.15) is 0 Å². The molecule has 0 aliphatic carbocycles. The van der Waals surface area contributed by atoms with E-state index in [2.05, 4.69) is 41.5 Å². The van der Waals surface area contributed by atoms with Gasteiger partial charge in [-0.3, -0.25) is 4.79 Å². The highest BCUT2D eigenvalue weighted by atomic mass is 28.3. The van der Waals surface area contributed by atoms with Crippen LogP contribution in [0.3, 0.4) is 0 Å². The lowest BCUT2D eigenvalue weighted by atomic mass is 10.5. The first-order valence-corrected chi connectivity index (χ1v) is 8.47. The van der Waals surface area contributed by atoms with Gasteiger partial charge in [0.25, 0.3) is 0 Å². The number of rotatable bonds is 6. The number of hydrogen-bond donors (Lipinski definition) is 1. The molecular formula is C12H27NOSi. The Morgan fingerprint density at radius 3 is 1.53 bits per heavy atom. The van der Waals surface area contributed by atoms with Crippen molar-refractivity contribution in [3.8, 4) is 0 Å². The van der Waals surface area contributed by atoms with Gasteiger partial charge in [0.1, 0.15) is 0 Å². The Kier molecular flexibility index (Phi) is 5.57. The van der Waals surface area contributed by atoms with Crippen LogP contribution < -0.4 is 5.73 Å². The average Bonchev–Trinajstić information content (AvgIpc) is 2.02. The largest absolute Gasteiger partial charge is 0.370 e. The van der Waals surface area contributed by atoms with E-state index in [4.69, 9.17) is 5.73 Å². The van der Waals surface area contributed by atoms with E-state index in [1.54, 1.807) is 0 Å². The van der Waals surface area contributed by atoms with Crippen molar-refractivity contribution in [3.05, 3.63) is 0 Å². The van der Waals surface area contributed by atoms with Gasteiger partial charge in [-0.25, -0.2) is 0 Å². The van der Waals surface area contributed by atoms with Crippen LogP contribution in [0.15, 0.2) is 0 Å². The van der Waals surface area contributed by atoms with Crippen molar-refractivity contribution in [2.45, 2.75) is 70.6 Å². The zero-order chi connectivity index (χ0) is 12.2. The number of carbonyl (C=O) groups excluding carboxylic acids is 1. The van der Waals surface area contributed by atoms with Gasteiger partial charge in [-0.15, -0.1) is 0 Å². The summed E-state index contributed by atoms with van der Waals surface area (Å²) in [5, 5.41) is 0. The molecule has 0 saturated heterocycles. The van der Waals surface area contributed by atoms with E-state index in [1.165, 1.54) is 0 Å². The Labute approximate surface area is 95.6 Å². The van der Waals surface area contributed by atoms with Crippen molar-refractivity contribution < 1.29 is 4.79 Å². The lowest BCUT2D eigenvalue weighted by Crippen LogP contribution is -2.44. The molecule has 1 amide bonds. The van der Waals surface area contributed by atoms with Gasteiger partial charge >= 0.3 is 0 Å². The molecular weight excluding hydrogens is 202 g/mol. The number of primary amides is 1. The minimum absolute atomic E-state index is 0.145. The monoisotopic (exact) mass is 229 g/mol. The Bertz CT molecular complexity index is 190. The van der Waals surface area contributed by atoms with E-state index in [-0.39, 0.29) is 5.91 Å². The highest BCUT2D eigenvalue weighted by Crippen LogP contribution is 2.44. The Morgan fingerprint density at radius 2 is 1.33 bits per heavy atom. The second-order valence-electron chi connectivity index (χ2n) is 5.54. The smallest absolute Gasteiger partial charge is 0.217 e. The molecule has 0 bridgehead atoms. The zero-order valence-electron chi connectivity index (χ0n) is 11.1. The molecule has 0 aromatic carbocycles. The molecule has 0 aromatic heterocycles. The van der Waals surface area contributed by atoms with Crippen molar-refractivity contribution >= 4 is 14.0 Å². The topological polar surface area (TPSA) is 43.1 Å². The highest BCUT2D eigenvalue weighted by Gasteiger charge is 2.41. The van der Waals surface area contributed by atoms with Crippen molar-refractivity contribution in [2.75, 3.05) is 0 Å². The normalized spacial score (nSPS) is 12.9. The molecule has 0 aromatic rings. The predicted octanol–water partition coefficient (Wildman–Crippen LogP) is 3.54. The Hall–Kier alpha value is -0.313. The molecule has 0 aliphatic rings. The van der Waals surface area contributed by atoms with Crippen LogP contribution in [-0.4, -0.2) is 14.0 Å². The second-order valence-corrected chi connectivity index (χ2v) is 11.7. The summed E-state index contributed by atoms with van der Waals surface area (Å²) in [4.78, 5) is 11.0. The fourth-order valence-electron chi connectivity index (χ4n) is 3.21. The molecule has 0 saturated carbocycles. The van der Waals surface area contributed by atoms with Crippen LogP contribution in [0.1, 0.15) is 48.0 Å². The van der Waals surface area contributed by atoms with Crippen molar-refractivity contribution in [1.29, 1.82) is 0 Å². The van der Waals surface area contributed by atoms with Gasteiger partial charge in [0, 0.05) is 6.42 Å². The summed E-state index contributed by atoms with van der Waals surface area (Å²) < 4.78 is 0. The van der Waals surface area contributed by atoms with Gasteiger partial charge in [-0.1, -0.05) is 58.2 Å². The van der Waals surface area contributed by atoms with E-state index in [0.29, 0.717) is 6.42 Å². The third kappa shape index (κ3) is 3.33. The van der Waals surface area contributed by atoms with Crippen LogP contribution in [0.4, 0.5) is 0 Å². The van der Waals surface area contributed by atoms with E-state index in [1.807, 2.05) is 0 Å². The van der Waals surface area contributed by atoms with Gasteiger partial charge in [0.15, 0.2) is 0 Å². The second kappa shape index (κ2) is 5.68. The van der Waals surface area contributed by atoms with Gasteiger partial charge in [0.05, 0.1) is 8.07 Å². The summed E-state index contributed by atoms with van der Waals surface area (Å²) in [6.07, 6.45) is 0.570. The first kappa shape index (κ1) is 14.7. The molecule has 2 N–H and O–H groups in total. The van der Waals surface area contributed by atoms with E-state index in [9.17, 15) is 4.79 Å². The highest BCUT2D eigenvalue weighted by molar-refractivity contribution is 6.83. The molecule has 0 rings (SSSR count). The molecule has 2 nitrogen and oxygen atoms in total. The Balaban J connectivity index is 4.88. The lowest BCUT2D eigenvalue weighted by molar-refractivity contribution is -0.117. The standard InChI is InChI=1S/C12H27NOSi/c1-9(2)15(10(3)4,11(5)6)8-7-12(13)14/h9-11H,7-8H2,1-6H3,(H2,13,14). The first-order chi connectivity index (χ1) is 6.75. The summed E-state index contributed by atoms with van der Waals surface area (Å²) in [6, 6.07) is 1.05. The van der Waals surface area contributed by atoms with Crippen molar-refractivity contribution in [2.24, 2.45) is 5.73 Å². The molecule has 0 heterocycles. The molecule has 90 valence electrons. The maximum atomic E-state index is 11.0. The van der Waals surface area contributed by atoms with Crippen LogP contribution >= 0.6 is 0 Å². The van der Waals surface area contributed by atoms with Crippen molar-refractivity contribution in [1.82, 2.24) is 0 Å². The first-order valence-electron chi connectivity index (χ1n) is 6.03. The van der Waals surface area contributed by atoms with Crippen LogP contribution in [0.25, 0.3) is 0 Å². The lowest BCUT2D eigenvalue weighted by Gasteiger charge is -2.43. The molecule has 0 radical (unpaired) electrons.